The van der Waals surface area contributed by atoms with Gasteiger partial charge in [-0.05, 0) is 77.6 Å². The molecule has 6 rings (SSSR count). The summed E-state index contributed by atoms with van der Waals surface area (Å²) >= 11 is 39.3. The summed E-state index contributed by atoms with van der Waals surface area (Å²) in [5, 5.41) is 6.62. The molecule has 0 amide bonds. The van der Waals surface area contributed by atoms with Crippen LogP contribution in [0.5, 0.6) is 0 Å². The zero-order valence-corrected chi connectivity index (χ0v) is 51.3. The van der Waals surface area contributed by atoms with Gasteiger partial charge in [0.2, 0.25) is 0 Å². The fourth-order valence-corrected chi connectivity index (χ4v) is 18.6. The minimum absolute atomic E-state index is 0. The van der Waals surface area contributed by atoms with Crippen LogP contribution >= 0.6 is 140 Å². The largest absolute Gasteiger partial charge is 0.172 e. The molecule has 0 bridgehead atoms. The molecule has 0 spiro atoms. The van der Waals surface area contributed by atoms with E-state index in [2.05, 4.69) is 117 Å². The average molecular weight is 1330 g/mol. The number of hydrogen-bond acceptors (Lipinski definition) is 8. The fraction of sp³-hybridized carbons (Fsp3) is 0.583. The molecule has 6 aromatic rings. The van der Waals surface area contributed by atoms with Gasteiger partial charge in [0, 0.05) is 10.4 Å². The standard InChI is InChI=1S/C22H27BrCl2N2S2.C16H27S.C6Br2Cl2N2S.CH4.3CH3.Sn/c1-2-3-4-5-6-7-8-9-10-11-12-15-13-16(28-14-15)17-19(24)20(25)18(23)22-21(17)26-29-27-22;1-2-3-4-5-6-7-8-9-10-11-12-16-13-14-17-15-16;7-1-3(9)4(10)2(8)6-5(1)11-13-12-6;;;;;/h13-14H,2-12H2,1H3;13,15H,2-12H2,1H3;;1H4;3*1H3;. The van der Waals surface area contributed by atoms with Crippen molar-refractivity contribution < 1.29 is 0 Å². The van der Waals surface area contributed by atoms with E-state index in [0.717, 1.165) is 55.1 Å². The molecule has 4 aromatic heterocycles. The van der Waals surface area contributed by atoms with Crippen LogP contribution in [0, 0.1) is 0 Å². The van der Waals surface area contributed by atoms with Crippen molar-refractivity contribution in [1.82, 2.24) is 17.5 Å². The van der Waals surface area contributed by atoms with Crippen molar-refractivity contribution in [3.8, 4) is 10.4 Å². The van der Waals surface area contributed by atoms with Crippen molar-refractivity contribution in [1.29, 1.82) is 0 Å². The van der Waals surface area contributed by atoms with E-state index in [0.29, 0.717) is 29.0 Å². The second-order valence-electron chi connectivity index (χ2n) is 17.2. The van der Waals surface area contributed by atoms with Gasteiger partial charge in [-0.25, -0.2) is 0 Å². The topological polar surface area (TPSA) is 51.6 Å². The zero-order valence-electron chi connectivity index (χ0n) is 37.4. The maximum absolute atomic E-state index is 6.57. The predicted molar refractivity (Wildman–Crippen MR) is 306 cm³/mol. The van der Waals surface area contributed by atoms with Gasteiger partial charge in [0.15, 0.2) is 0 Å². The summed E-state index contributed by atoms with van der Waals surface area (Å²) < 4.78 is 20.8. The van der Waals surface area contributed by atoms with E-state index in [1.165, 1.54) is 152 Å². The van der Waals surface area contributed by atoms with Crippen LogP contribution in [0.1, 0.15) is 161 Å². The number of unbranched alkanes of at least 4 members (excludes halogenated alkanes) is 18. The molecule has 4 heterocycles. The van der Waals surface area contributed by atoms with Crippen LogP contribution in [0.2, 0.25) is 34.9 Å². The molecule has 356 valence electrons. The van der Waals surface area contributed by atoms with Crippen LogP contribution < -0.4 is 2.89 Å². The Bertz CT molecular complexity index is 2210. The minimum atomic E-state index is -1.79. The summed E-state index contributed by atoms with van der Waals surface area (Å²) in [5.41, 5.74) is 6.95. The molecule has 0 aliphatic carbocycles. The molecular weight excluding hydrogens is 1260 g/mol. The number of halogens is 7. The van der Waals surface area contributed by atoms with Crippen molar-refractivity contribution >= 4 is 184 Å². The van der Waals surface area contributed by atoms with Crippen LogP contribution in [0.25, 0.3) is 32.5 Å². The fourth-order valence-electron chi connectivity index (χ4n) is 7.18. The van der Waals surface area contributed by atoms with Crippen LogP contribution in [0.15, 0.2) is 36.3 Å². The number of rotatable bonds is 24. The summed E-state index contributed by atoms with van der Waals surface area (Å²) in [6.45, 7) is 4.57. The van der Waals surface area contributed by atoms with Gasteiger partial charge in [-0.2, -0.15) is 17.5 Å². The molecular formula is C48H67Br3Cl4N4S4Sn. The molecule has 0 aliphatic rings. The molecule has 0 saturated heterocycles. The first-order valence-corrected chi connectivity index (χ1v) is 39.8. The number of hydrogen-bond donors (Lipinski definition) is 0. The second-order valence-corrected chi connectivity index (χ2v) is 39.4. The van der Waals surface area contributed by atoms with Crippen molar-refractivity contribution in [2.45, 2.75) is 177 Å². The Morgan fingerprint density at radius 2 is 0.812 bits per heavy atom. The van der Waals surface area contributed by atoms with Gasteiger partial charge in [-0.15, -0.1) is 11.3 Å². The Labute approximate surface area is 451 Å². The van der Waals surface area contributed by atoms with Gasteiger partial charge in [-0.3, -0.25) is 0 Å². The molecule has 0 saturated carbocycles. The second kappa shape index (κ2) is 32.0. The number of thiophene rings is 2. The quantitative estimate of drug-likeness (QED) is 0.0262. The Morgan fingerprint density at radius 1 is 0.469 bits per heavy atom. The number of aromatic nitrogens is 4. The third-order valence-corrected chi connectivity index (χ3v) is 28.3. The Balaban J connectivity index is 0.000000272. The SMILES string of the molecule is C.CCCCCCCCCCCCc1cs[c]([Sn]([CH3])([CH3])[CH3])c1.CCCCCCCCCCCCc1csc(-c2c(Cl)c(Cl)c(Br)c3nsnc23)c1.Clc1c(Cl)c(Br)c2nsnc2c1Br. The third-order valence-electron chi connectivity index (χ3n) is 11.0. The molecule has 64 heavy (non-hydrogen) atoms. The zero-order chi connectivity index (χ0) is 45.8. The van der Waals surface area contributed by atoms with Gasteiger partial charge in [0.25, 0.3) is 0 Å². The van der Waals surface area contributed by atoms with E-state index in [9.17, 15) is 0 Å². The smallest absolute Gasteiger partial charge is 0.121 e. The molecule has 0 N–H and O–H groups in total. The van der Waals surface area contributed by atoms with E-state index >= 15 is 0 Å². The van der Waals surface area contributed by atoms with Gasteiger partial charge in [-0.1, -0.05) is 138 Å². The molecule has 16 heteroatoms. The molecule has 0 aliphatic heterocycles. The maximum Gasteiger partial charge on any atom is 0.121 e. The number of nitrogens with zero attached hydrogens (tertiary/aromatic N) is 4. The number of fused-ring (bicyclic) bond motifs is 2. The molecule has 0 atom stereocenters. The molecule has 0 unspecified atom stereocenters. The molecule has 2 aromatic carbocycles. The summed E-state index contributed by atoms with van der Waals surface area (Å²) in [6, 6.07) is 4.76. The first kappa shape index (κ1) is 59.2. The summed E-state index contributed by atoms with van der Waals surface area (Å²) in [6.07, 6.45) is 30.4. The number of benzene rings is 2. The van der Waals surface area contributed by atoms with Gasteiger partial charge >= 0.3 is 122 Å². The van der Waals surface area contributed by atoms with Crippen LogP contribution in [-0.4, -0.2) is 35.9 Å². The van der Waals surface area contributed by atoms with Crippen molar-refractivity contribution in [2.24, 2.45) is 0 Å². The van der Waals surface area contributed by atoms with E-state index in [4.69, 9.17) is 46.4 Å². The van der Waals surface area contributed by atoms with Crippen molar-refractivity contribution in [3.05, 3.63) is 67.5 Å². The Hall–Kier alpha value is 0.879. The van der Waals surface area contributed by atoms with Crippen molar-refractivity contribution in [3.63, 3.8) is 0 Å². The van der Waals surface area contributed by atoms with Gasteiger partial charge < -0.3 is 0 Å². The molecule has 0 fully saturated rings. The summed E-state index contributed by atoms with van der Waals surface area (Å²) in [7, 11) is 0. The maximum atomic E-state index is 6.57. The van der Waals surface area contributed by atoms with E-state index in [1.807, 2.05) is 11.3 Å². The van der Waals surface area contributed by atoms with E-state index < -0.39 is 18.4 Å². The van der Waals surface area contributed by atoms with Gasteiger partial charge in [0.1, 0.15) is 22.1 Å². The molecule has 0 radical (unpaired) electrons. The normalized spacial score (nSPS) is 11.4. The van der Waals surface area contributed by atoms with E-state index in [-0.39, 0.29) is 7.43 Å². The first-order valence-electron chi connectivity index (χ1n) is 22.7. The van der Waals surface area contributed by atoms with Crippen molar-refractivity contribution in [2.75, 3.05) is 0 Å². The number of aryl methyl sites for hydroxylation is 2. The van der Waals surface area contributed by atoms with Gasteiger partial charge in [0.05, 0.1) is 57.0 Å². The first-order chi connectivity index (χ1) is 30.3. The average Bonchev–Trinajstić information content (AvgIpc) is 4.12. The predicted octanol–water partition coefficient (Wildman–Crippen LogP) is 21.9. The minimum Gasteiger partial charge on any atom is -0.172 e. The van der Waals surface area contributed by atoms with Crippen LogP contribution in [0.3, 0.4) is 0 Å². The van der Waals surface area contributed by atoms with Crippen LogP contribution in [-0.2, 0) is 12.8 Å². The summed E-state index contributed by atoms with van der Waals surface area (Å²) in [5.74, 6) is 0. The Morgan fingerprint density at radius 3 is 1.22 bits per heavy atom. The van der Waals surface area contributed by atoms with Crippen LogP contribution in [0.4, 0.5) is 0 Å². The van der Waals surface area contributed by atoms with E-state index in [1.54, 1.807) is 19.8 Å². The summed E-state index contributed by atoms with van der Waals surface area (Å²) in [4.78, 5) is 8.67. The monoisotopic (exact) mass is 1320 g/mol. The Kier molecular flexibility index (Phi) is 29.6. The molecule has 4 nitrogen and oxygen atoms in total. The third kappa shape index (κ3) is 18.9.